The lowest BCUT2D eigenvalue weighted by Crippen LogP contribution is -2.31. The molecule has 25 heavy (non-hydrogen) atoms. The Morgan fingerprint density at radius 3 is 2.64 bits per heavy atom. The lowest BCUT2D eigenvalue weighted by Gasteiger charge is -2.21. The van der Waals surface area contributed by atoms with E-state index < -0.39 is 0 Å². The fourth-order valence-corrected chi connectivity index (χ4v) is 3.03. The van der Waals surface area contributed by atoms with E-state index in [4.69, 9.17) is 4.74 Å². The van der Waals surface area contributed by atoms with Gasteiger partial charge in [0.1, 0.15) is 11.6 Å². The summed E-state index contributed by atoms with van der Waals surface area (Å²) in [7, 11) is 1.60. The molecule has 0 aliphatic heterocycles. The molecule has 0 unspecified atom stereocenters. The largest absolute Gasteiger partial charge is 0.496 e. The van der Waals surface area contributed by atoms with Crippen molar-refractivity contribution in [1.29, 1.82) is 0 Å². The second-order valence-corrected chi connectivity index (χ2v) is 6.96. The van der Waals surface area contributed by atoms with Crippen LogP contribution in [0.15, 0.2) is 53.0 Å². The predicted octanol–water partition coefficient (Wildman–Crippen LogP) is 4.80. The Morgan fingerprint density at radius 1 is 1.28 bits per heavy atom. The molecule has 3 nitrogen and oxygen atoms in total. The first-order valence-electron chi connectivity index (χ1n) is 8.13. The van der Waals surface area contributed by atoms with Crippen LogP contribution in [0.4, 0.5) is 4.39 Å². The topological polar surface area (TPSA) is 29.5 Å². The first-order chi connectivity index (χ1) is 12.1. The highest BCUT2D eigenvalue weighted by Gasteiger charge is 2.31. The van der Waals surface area contributed by atoms with E-state index in [1.54, 1.807) is 31.4 Å². The van der Waals surface area contributed by atoms with Gasteiger partial charge in [-0.05, 0) is 54.8 Å². The first-order valence-corrected chi connectivity index (χ1v) is 8.93. The van der Waals surface area contributed by atoms with Crippen molar-refractivity contribution in [2.45, 2.75) is 25.4 Å². The number of benzene rings is 2. The smallest absolute Gasteiger partial charge is 0.247 e. The minimum Gasteiger partial charge on any atom is -0.496 e. The molecule has 0 heterocycles. The Balaban J connectivity index is 1.75. The van der Waals surface area contributed by atoms with Crippen LogP contribution in [0.1, 0.15) is 24.0 Å². The molecule has 0 radical (unpaired) electrons. The standard InChI is InChI=1S/C20H19BrFNO2/c1-25-19-10-5-16(21)12-15(19)4-11-20(24)23(18-8-9-18)13-14-2-6-17(22)7-3-14/h2-7,10-12,18H,8-9,13H2,1H3/b11-4+. The highest BCUT2D eigenvalue weighted by Crippen LogP contribution is 2.29. The molecule has 0 atom stereocenters. The third kappa shape index (κ3) is 4.69. The second kappa shape index (κ2) is 7.83. The summed E-state index contributed by atoms with van der Waals surface area (Å²) in [5, 5.41) is 0. The van der Waals surface area contributed by atoms with E-state index in [1.165, 1.54) is 12.1 Å². The van der Waals surface area contributed by atoms with Gasteiger partial charge in [-0.25, -0.2) is 4.39 Å². The van der Waals surface area contributed by atoms with Crippen molar-refractivity contribution in [3.8, 4) is 5.75 Å². The molecular formula is C20H19BrFNO2. The summed E-state index contributed by atoms with van der Waals surface area (Å²) in [5.41, 5.74) is 1.76. The summed E-state index contributed by atoms with van der Waals surface area (Å²) in [6.45, 7) is 0.490. The van der Waals surface area contributed by atoms with Gasteiger partial charge in [-0.15, -0.1) is 0 Å². The molecule has 1 aliphatic carbocycles. The lowest BCUT2D eigenvalue weighted by atomic mass is 10.1. The highest BCUT2D eigenvalue weighted by molar-refractivity contribution is 9.10. The minimum atomic E-state index is -0.269. The molecule has 0 spiro atoms. The van der Waals surface area contributed by atoms with Crippen LogP contribution in [-0.4, -0.2) is 24.0 Å². The van der Waals surface area contributed by atoms with E-state index in [-0.39, 0.29) is 17.8 Å². The van der Waals surface area contributed by atoms with Crippen LogP contribution in [0.2, 0.25) is 0 Å². The second-order valence-electron chi connectivity index (χ2n) is 6.04. The molecule has 2 aromatic rings. The van der Waals surface area contributed by atoms with Crippen LogP contribution < -0.4 is 4.74 Å². The molecule has 1 saturated carbocycles. The van der Waals surface area contributed by atoms with Gasteiger partial charge in [0.25, 0.3) is 0 Å². The van der Waals surface area contributed by atoms with Gasteiger partial charge in [-0.3, -0.25) is 4.79 Å². The normalized spacial score (nSPS) is 13.9. The van der Waals surface area contributed by atoms with Crippen molar-refractivity contribution < 1.29 is 13.9 Å². The molecule has 0 aromatic heterocycles. The lowest BCUT2D eigenvalue weighted by molar-refractivity contribution is -0.127. The van der Waals surface area contributed by atoms with Crippen LogP contribution >= 0.6 is 15.9 Å². The number of halogens is 2. The van der Waals surface area contributed by atoms with Crippen LogP contribution in [0.3, 0.4) is 0 Å². The number of hydrogen-bond acceptors (Lipinski definition) is 2. The van der Waals surface area contributed by atoms with Crippen molar-refractivity contribution in [2.24, 2.45) is 0 Å². The average Bonchev–Trinajstić information content (AvgIpc) is 3.44. The zero-order chi connectivity index (χ0) is 17.8. The number of carbonyl (C=O) groups is 1. The van der Waals surface area contributed by atoms with E-state index in [0.29, 0.717) is 12.3 Å². The fraction of sp³-hybridized carbons (Fsp3) is 0.250. The molecule has 1 aliphatic rings. The number of ether oxygens (including phenoxy) is 1. The Hall–Kier alpha value is -2.14. The van der Waals surface area contributed by atoms with Gasteiger partial charge >= 0.3 is 0 Å². The maximum atomic E-state index is 13.1. The number of carbonyl (C=O) groups excluding carboxylic acids is 1. The van der Waals surface area contributed by atoms with Gasteiger partial charge in [0.2, 0.25) is 5.91 Å². The van der Waals surface area contributed by atoms with E-state index in [9.17, 15) is 9.18 Å². The van der Waals surface area contributed by atoms with Crippen LogP contribution in [0.25, 0.3) is 6.08 Å². The molecule has 130 valence electrons. The zero-order valence-electron chi connectivity index (χ0n) is 13.9. The molecule has 2 aromatic carbocycles. The third-order valence-electron chi connectivity index (χ3n) is 4.13. The summed E-state index contributed by atoms with van der Waals surface area (Å²) in [5.74, 6) is 0.396. The Labute approximate surface area is 155 Å². The fourth-order valence-electron chi connectivity index (χ4n) is 2.65. The minimum absolute atomic E-state index is 0.0474. The summed E-state index contributed by atoms with van der Waals surface area (Å²) >= 11 is 3.43. The summed E-state index contributed by atoms with van der Waals surface area (Å²) in [6.07, 6.45) is 5.38. The van der Waals surface area contributed by atoms with Crippen LogP contribution in [-0.2, 0) is 11.3 Å². The van der Waals surface area contributed by atoms with Crippen molar-refractivity contribution >= 4 is 27.9 Å². The molecule has 0 N–H and O–H groups in total. The molecule has 1 fully saturated rings. The van der Waals surface area contributed by atoms with Crippen molar-refractivity contribution in [3.63, 3.8) is 0 Å². The van der Waals surface area contributed by atoms with Gasteiger partial charge < -0.3 is 9.64 Å². The Bertz CT molecular complexity index is 785. The average molecular weight is 404 g/mol. The van der Waals surface area contributed by atoms with E-state index in [2.05, 4.69) is 15.9 Å². The number of rotatable bonds is 6. The molecule has 0 saturated heterocycles. The first kappa shape index (κ1) is 17.7. The number of amides is 1. The van der Waals surface area contributed by atoms with Gasteiger partial charge in [0.15, 0.2) is 0 Å². The van der Waals surface area contributed by atoms with Crippen LogP contribution in [0.5, 0.6) is 5.75 Å². The SMILES string of the molecule is COc1ccc(Br)cc1/C=C/C(=O)N(Cc1ccc(F)cc1)C1CC1. The summed E-state index contributed by atoms with van der Waals surface area (Å²) in [4.78, 5) is 14.5. The zero-order valence-corrected chi connectivity index (χ0v) is 15.5. The summed E-state index contributed by atoms with van der Waals surface area (Å²) < 4.78 is 19.3. The summed E-state index contributed by atoms with van der Waals surface area (Å²) in [6, 6.07) is 12.2. The molecular weight excluding hydrogens is 385 g/mol. The van der Waals surface area contributed by atoms with Crippen LogP contribution in [0, 0.1) is 5.82 Å². The number of hydrogen-bond donors (Lipinski definition) is 0. The van der Waals surface area contributed by atoms with E-state index >= 15 is 0 Å². The van der Waals surface area contributed by atoms with Crippen molar-refractivity contribution in [1.82, 2.24) is 4.90 Å². The van der Waals surface area contributed by atoms with Gasteiger partial charge in [0.05, 0.1) is 7.11 Å². The van der Waals surface area contributed by atoms with E-state index in [0.717, 1.165) is 28.4 Å². The number of nitrogens with zero attached hydrogens (tertiary/aromatic N) is 1. The van der Waals surface area contributed by atoms with Crippen molar-refractivity contribution in [3.05, 3.63) is 70.0 Å². The van der Waals surface area contributed by atoms with Gasteiger partial charge in [0, 0.05) is 28.7 Å². The monoisotopic (exact) mass is 403 g/mol. The van der Waals surface area contributed by atoms with Crippen molar-refractivity contribution in [2.75, 3.05) is 7.11 Å². The van der Waals surface area contributed by atoms with E-state index in [1.807, 2.05) is 23.1 Å². The quantitative estimate of drug-likeness (QED) is 0.648. The Morgan fingerprint density at radius 2 is 2.00 bits per heavy atom. The predicted molar refractivity (Wildman–Crippen MR) is 99.7 cm³/mol. The molecule has 1 amide bonds. The maximum absolute atomic E-state index is 13.1. The van der Waals surface area contributed by atoms with Gasteiger partial charge in [-0.1, -0.05) is 28.1 Å². The molecule has 5 heteroatoms. The molecule has 3 rings (SSSR count). The van der Waals surface area contributed by atoms with Gasteiger partial charge in [-0.2, -0.15) is 0 Å². The Kier molecular flexibility index (Phi) is 5.53. The maximum Gasteiger partial charge on any atom is 0.247 e. The highest BCUT2D eigenvalue weighted by atomic mass is 79.9. The number of methoxy groups -OCH3 is 1. The third-order valence-corrected chi connectivity index (χ3v) is 4.63. The molecule has 0 bridgehead atoms.